The number of unbranched alkanes of at least 4 members (excludes halogenated alkanes) is 2. The molecule has 2 heterocycles. The molecule has 658 valence electrons. The van der Waals surface area contributed by atoms with Crippen LogP contribution in [0.1, 0.15) is 198 Å². The van der Waals surface area contributed by atoms with Gasteiger partial charge in [-0.25, -0.2) is 0 Å². The zero-order valence-corrected chi connectivity index (χ0v) is 74.4. The number of nitrogens with zero attached hydrogens (tertiary/aromatic N) is 2. The number of fused-ring (bicyclic) bond motifs is 2. The highest BCUT2D eigenvalue weighted by atomic mass is 16.6. The lowest BCUT2D eigenvalue weighted by Crippen LogP contribution is -2.45. The molecule has 0 fully saturated rings. The van der Waals surface area contributed by atoms with E-state index in [9.17, 15) is 28.8 Å². The topological polar surface area (TPSA) is 245 Å². The summed E-state index contributed by atoms with van der Waals surface area (Å²) in [5.41, 5.74) is 10.4. The predicted molar refractivity (Wildman–Crippen MR) is 482 cm³/mol. The van der Waals surface area contributed by atoms with Crippen molar-refractivity contribution >= 4 is 56.5 Å². The van der Waals surface area contributed by atoms with Crippen LogP contribution in [0.3, 0.4) is 0 Å². The van der Waals surface area contributed by atoms with E-state index in [-0.39, 0.29) is 84.3 Å². The Kier molecular flexibility index (Phi) is 46.4. The molecular formula is C101H138N4O16. The Morgan fingerprint density at radius 1 is 0.372 bits per heavy atom. The zero-order valence-electron chi connectivity index (χ0n) is 74.4. The van der Waals surface area contributed by atoms with Gasteiger partial charge in [-0.15, -0.1) is 0 Å². The monoisotopic (exact) mass is 1660 g/mol. The van der Waals surface area contributed by atoms with Crippen LogP contribution in [-0.2, 0) is 79.5 Å². The fourth-order valence-corrected chi connectivity index (χ4v) is 14.3. The number of carbonyl (C=O) groups excluding carboxylic acids is 6. The number of carbonyl (C=O) groups is 6. The highest BCUT2D eigenvalue weighted by Gasteiger charge is 2.31. The summed E-state index contributed by atoms with van der Waals surface area (Å²) in [4.78, 5) is 87.5. The summed E-state index contributed by atoms with van der Waals surface area (Å²) < 4.78 is 57.2. The standard InChI is InChI=1S/C51H70N2O8.C50H68N2O8/c1-7-39(5)51(53-50(56)15-11-8-12-44-34-38(4)22-24-52-44)48(55)36-43(35-40(6)54)41-16-18-42(19-17-41)45-20-21-49(47-14-10-9-13-46(45)47)61-33-32-60-31-30-59-29-28-58-27-26-57-25-23-37(2)3;1-36(2)22-24-56-25-26-57-27-28-58-29-30-59-31-32-60-48-20-19-44(45-12-8-9-13-46(45)48)41-17-15-40(16-18-41)42(34-39(6)53)35-47(54)50(37(3)4)52-49(55)14-10-7-11-43-33-38(5)21-23-51-43/h9-10,13-14,16-22,24,34,37,39,43,51H,7-8,11-12,15,23,25-33,35-36H2,1-6H3,(H,53,56);8-9,12-13,15-21,23,33,36-37,42,50H,7,10-11,14,22,24-32,34-35H2,1-6H3,(H,52,55)/t39-,43+,51-;42-,50-/m01/s1. The van der Waals surface area contributed by atoms with Crippen LogP contribution in [0, 0.1) is 37.5 Å². The van der Waals surface area contributed by atoms with Gasteiger partial charge >= 0.3 is 0 Å². The highest BCUT2D eigenvalue weighted by molar-refractivity contribution is 6.01. The fraction of sp³-hybridized carbons (Fsp3) is 0.525. The molecule has 0 aliphatic carbocycles. The number of amides is 2. The van der Waals surface area contributed by atoms with Crippen LogP contribution in [0.2, 0.25) is 0 Å². The molecule has 0 radical (unpaired) electrons. The van der Waals surface area contributed by atoms with Gasteiger partial charge in [-0.2, -0.15) is 0 Å². The number of aromatic nitrogens is 2. The summed E-state index contributed by atoms with van der Waals surface area (Å²) in [5, 5.41) is 10.2. The van der Waals surface area contributed by atoms with Crippen molar-refractivity contribution < 1.29 is 76.1 Å². The summed E-state index contributed by atoms with van der Waals surface area (Å²) >= 11 is 0. The van der Waals surface area contributed by atoms with Gasteiger partial charge in [-0.1, -0.05) is 171 Å². The number of rotatable bonds is 61. The van der Waals surface area contributed by atoms with Gasteiger partial charge in [0.05, 0.1) is 105 Å². The van der Waals surface area contributed by atoms with Crippen molar-refractivity contribution in [3.63, 3.8) is 0 Å². The van der Waals surface area contributed by atoms with Gasteiger partial charge in [0.25, 0.3) is 0 Å². The number of nitrogens with one attached hydrogen (secondary N) is 2. The fourth-order valence-electron chi connectivity index (χ4n) is 14.3. The molecule has 6 aromatic carbocycles. The van der Waals surface area contributed by atoms with Crippen molar-refractivity contribution in [2.75, 3.05) is 119 Å². The molecule has 0 aliphatic heterocycles. The number of ketones is 4. The molecule has 2 N–H and O–H groups in total. The van der Waals surface area contributed by atoms with Crippen molar-refractivity contribution in [1.82, 2.24) is 20.6 Å². The van der Waals surface area contributed by atoms with Crippen LogP contribution in [0.5, 0.6) is 11.5 Å². The second-order valence-corrected chi connectivity index (χ2v) is 32.8. The summed E-state index contributed by atoms with van der Waals surface area (Å²) in [5.74, 6) is 1.82. The van der Waals surface area contributed by atoms with Crippen LogP contribution < -0.4 is 20.1 Å². The number of Topliss-reactive ketones (excluding diaryl/α,β-unsaturated/α-hetero) is 4. The average Bonchev–Trinajstić information content (AvgIpc) is 0.788. The molecule has 0 spiro atoms. The second-order valence-electron chi connectivity index (χ2n) is 32.8. The molecule has 0 unspecified atom stereocenters. The molecule has 2 amide bonds. The van der Waals surface area contributed by atoms with Gasteiger partial charge in [0.2, 0.25) is 11.8 Å². The summed E-state index contributed by atoms with van der Waals surface area (Å²) in [6.07, 6.45) is 12.7. The minimum absolute atomic E-state index is 0.0145. The molecule has 0 saturated carbocycles. The van der Waals surface area contributed by atoms with E-state index in [2.05, 4.69) is 121 Å². The third kappa shape index (κ3) is 37.7. The highest BCUT2D eigenvalue weighted by Crippen LogP contribution is 2.39. The van der Waals surface area contributed by atoms with E-state index in [1.165, 1.54) is 11.1 Å². The molecule has 0 aliphatic rings. The number of hydrogen-bond acceptors (Lipinski definition) is 18. The average molecular weight is 1660 g/mol. The van der Waals surface area contributed by atoms with Crippen LogP contribution in [0.25, 0.3) is 43.8 Å². The Hall–Kier alpha value is -8.96. The third-order valence-electron chi connectivity index (χ3n) is 21.3. The number of hydrogen-bond donors (Lipinski definition) is 2. The Bertz CT molecular complexity index is 4360. The van der Waals surface area contributed by atoms with Crippen molar-refractivity contribution in [3.8, 4) is 33.8 Å². The molecule has 121 heavy (non-hydrogen) atoms. The Labute approximate surface area is 720 Å². The lowest BCUT2D eigenvalue weighted by molar-refractivity contribution is -0.129. The maximum atomic E-state index is 13.9. The van der Waals surface area contributed by atoms with Gasteiger partial charge in [-0.05, 0) is 206 Å². The van der Waals surface area contributed by atoms with Gasteiger partial charge in [0.15, 0.2) is 11.6 Å². The maximum Gasteiger partial charge on any atom is 0.220 e. The first-order valence-corrected chi connectivity index (χ1v) is 44.1. The number of aryl methyl sites for hydroxylation is 4. The third-order valence-corrected chi connectivity index (χ3v) is 21.3. The van der Waals surface area contributed by atoms with Gasteiger partial charge in [-0.3, -0.25) is 29.1 Å². The molecule has 8 aromatic rings. The quantitative estimate of drug-likeness (QED) is 0.0336. The molecule has 20 heteroatoms. The molecule has 20 nitrogen and oxygen atoms in total. The van der Waals surface area contributed by atoms with Gasteiger partial charge < -0.3 is 67.6 Å². The van der Waals surface area contributed by atoms with Gasteiger partial charge in [0.1, 0.15) is 36.3 Å². The maximum absolute atomic E-state index is 13.9. The molecule has 0 saturated heterocycles. The minimum atomic E-state index is -0.622. The van der Waals surface area contributed by atoms with E-state index < -0.39 is 12.1 Å². The predicted octanol–water partition coefficient (Wildman–Crippen LogP) is 18.9. The van der Waals surface area contributed by atoms with E-state index in [1.54, 1.807) is 13.8 Å². The van der Waals surface area contributed by atoms with Crippen LogP contribution in [0.15, 0.2) is 158 Å². The summed E-state index contributed by atoms with van der Waals surface area (Å²) in [6, 6.07) is 47.6. The Balaban J connectivity index is 0.000000333. The minimum Gasteiger partial charge on any atom is -0.491 e. The van der Waals surface area contributed by atoms with E-state index in [0.29, 0.717) is 143 Å². The lowest BCUT2D eigenvalue weighted by Gasteiger charge is -2.25. The first-order valence-electron chi connectivity index (χ1n) is 44.1. The SMILES string of the molecule is CC(=O)C[C@H](CC(=O)[C@H](NC(=O)CCCCc1cc(C)ccn1)C(C)C)c1ccc(-c2ccc(OCCOCCOCCOCCOCCC(C)C)c3ccccc23)cc1.CC[C@H](C)[C@H](NC(=O)CCCCc1cc(C)ccn1)C(=O)C[C@@H](CC(C)=O)c1ccc(-c2ccc(OCCOCCOCCOCCOCCC(C)C)c3ccccc23)cc1. The van der Waals surface area contributed by atoms with E-state index in [0.717, 1.165) is 136 Å². The van der Waals surface area contributed by atoms with Crippen molar-refractivity contribution in [3.05, 3.63) is 192 Å². The summed E-state index contributed by atoms with van der Waals surface area (Å²) in [7, 11) is 0. The molecule has 0 bridgehead atoms. The van der Waals surface area contributed by atoms with Crippen LogP contribution >= 0.6 is 0 Å². The molecular weight excluding hydrogens is 1530 g/mol. The zero-order chi connectivity index (χ0) is 86.9. The van der Waals surface area contributed by atoms with Gasteiger partial charge in [0, 0.05) is 86.3 Å². The van der Waals surface area contributed by atoms with Crippen LogP contribution in [-0.4, -0.2) is 176 Å². The van der Waals surface area contributed by atoms with Crippen molar-refractivity contribution in [2.45, 2.75) is 203 Å². The normalized spacial score (nSPS) is 12.8. The Morgan fingerprint density at radius 3 is 1.05 bits per heavy atom. The first kappa shape index (κ1) is 99.1. The van der Waals surface area contributed by atoms with E-state index in [4.69, 9.17) is 47.4 Å². The molecule has 8 rings (SSSR count). The molecule has 5 atom stereocenters. The second kappa shape index (κ2) is 56.7. The smallest absolute Gasteiger partial charge is 0.220 e. The van der Waals surface area contributed by atoms with Crippen molar-refractivity contribution in [1.29, 1.82) is 0 Å². The Morgan fingerprint density at radius 2 is 0.711 bits per heavy atom. The summed E-state index contributed by atoms with van der Waals surface area (Å²) in [6.45, 7) is 33.5. The van der Waals surface area contributed by atoms with E-state index in [1.807, 2.05) is 127 Å². The molecule has 2 aromatic heterocycles. The van der Waals surface area contributed by atoms with E-state index >= 15 is 0 Å². The van der Waals surface area contributed by atoms with Crippen molar-refractivity contribution in [2.24, 2.45) is 23.7 Å². The number of pyridine rings is 2. The lowest BCUT2D eigenvalue weighted by atomic mass is 9.84. The first-order chi connectivity index (χ1) is 58.6. The number of ether oxygens (including phenoxy) is 10. The largest absolute Gasteiger partial charge is 0.491 e. The number of benzene rings is 6. The van der Waals surface area contributed by atoms with Crippen LogP contribution in [0.4, 0.5) is 0 Å².